The van der Waals surface area contributed by atoms with E-state index < -0.39 is 0 Å². The molecule has 1 fully saturated rings. The average Bonchev–Trinajstić information content (AvgIpc) is 2.95. The number of aryl methyl sites for hydroxylation is 1. The SMILES string of the molecule is Cc1ccccc1C(C)CCC1(N)CC1. The highest BCUT2D eigenvalue weighted by atomic mass is 14.8. The number of benzene rings is 1. The maximum absolute atomic E-state index is 6.11. The predicted molar refractivity (Wildman–Crippen MR) is 65.0 cm³/mol. The van der Waals surface area contributed by atoms with Gasteiger partial charge in [-0.3, -0.25) is 0 Å². The molecule has 0 heterocycles. The molecule has 15 heavy (non-hydrogen) atoms. The second-order valence-electron chi connectivity index (χ2n) is 5.16. The molecule has 2 N–H and O–H groups in total. The second-order valence-corrected chi connectivity index (χ2v) is 5.16. The van der Waals surface area contributed by atoms with Gasteiger partial charge in [0.1, 0.15) is 0 Å². The lowest BCUT2D eigenvalue weighted by atomic mass is 9.91. The van der Waals surface area contributed by atoms with Gasteiger partial charge in [0.05, 0.1) is 0 Å². The molecule has 1 atom stereocenters. The summed E-state index contributed by atoms with van der Waals surface area (Å²) in [7, 11) is 0. The summed E-state index contributed by atoms with van der Waals surface area (Å²) >= 11 is 0. The van der Waals surface area contributed by atoms with Crippen LogP contribution in [0.4, 0.5) is 0 Å². The lowest BCUT2D eigenvalue weighted by Crippen LogP contribution is -2.21. The minimum Gasteiger partial charge on any atom is -0.325 e. The fourth-order valence-electron chi connectivity index (χ4n) is 2.21. The minimum absolute atomic E-state index is 0.205. The van der Waals surface area contributed by atoms with Crippen molar-refractivity contribution in [3.05, 3.63) is 35.4 Å². The summed E-state index contributed by atoms with van der Waals surface area (Å²) in [6.45, 7) is 4.51. The van der Waals surface area contributed by atoms with Gasteiger partial charge in [0.15, 0.2) is 0 Å². The first-order valence-corrected chi connectivity index (χ1v) is 5.95. The second kappa shape index (κ2) is 3.97. The van der Waals surface area contributed by atoms with E-state index in [2.05, 4.69) is 38.1 Å². The van der Waals surface area contributed by atoms with Crippen molar-refractivity contribution >= 4 is 0 Å². The molecule has 1 aromatic rings. The Balaban J connectivity index is 1.95. The Bertz CT molecular complexity index is 339. The van der Waals surface area contributed by atoms with Crippen molar-refractivity contribution in [2.75, 3.05) is 0 Å². The Morgan fingerprint density at radius 1 is 1.33 bits per heavy atom. The molecular weight excluding hydrogens is 182 g/mol. The molecule has 0 aliphatic heterocycles. The third-order valence-corrected chi connectivity index (χ3v) is 3.69. The van der Waals surface area contributed by atoms with Crippen LogP contribution in [-0.2, 0) is 0 Å². The number of hydrogen-bond acceptors (Lipinski definition) is 1. The lowest BCUT2D eigenvalue weighted by molar-refractivity contribution is 0.532. The third-order valence-electron chi connectivity index (χ3n) is 3.69. The maximum atomic E-state index is 6.11. The monoisotopic (exact) mass is 203 g/mol. The van der Waals surface area contributed by atoms with Crippen molar-refractivity contribution in [3.63, 3.8) is 0 Å². The van der Waals surface area contributed by atoms with E-state index in [1.807, 2.05) is 0 Å². The Hall–Kier alpha value is -0.820. The highest BCUT2D eigenvalue weighted by molar-refractivity contribution is 5.28. The molecule has 0 radical (unpaired) electrons. The Morgan fingerprint density at radius 2 is 2.00 bits per heavy atom. The number of hydrogen-bond donors (Lipinski definition) is 1. The Morgan fingerprint density at radius 3 is 2.60 bits per heavy atom. The van der Waals surface area contributed by atoms with Gasteiger partial charge in [-0.15, -0.1) is 0 Å². The zero-order chi connectivity index (χ0) is 10.9. The molecule has 1 aliphatic carbocycles. The Labute approximate surface area is 92.7 Å². The standard InChI is InChI=1S/C14H21N/c1-11-5-3-4-6-13(11)12(2)7-8-14(15)9-10-14/h3-6,12H,7-10,15H2,1-2H3. The maximum Gasteiger partial charge on any atom is 0.0155 e. The zero-order valence-electron chi connectivity index (χ0n) is 9.79. The van der Waals surface area contributed by atoms with Crippen LogP contribution in [0.5, 0.6) is 0 Å². The largest absolute Gasteiger partial charge is 0.325 e. The van der Waals surface area contributed by atoms with E-state index in [4.69, 9.17) is 5.73 Å². The fraction of sp³-hybridized carbons (Fsp3) is 0.571. The van der Waals surface area contributed by atoms with Crippen LogP contribution in [0.25, 0.3) is 0 Å². The van der Waals surface area contributed by atoms with Crippen molar-refractivity contribution in [1.82, 2.24) is 0 Å². The van der Waals surface area contributed by atoms with Crippen molar-refractivity contribution in [2.24, 2.45) is 5.73 Å². The highest BCUT2D eigenvalue weighted by Gasteiger charge is 2.37. The van der Waals surface area contributed by atoms with E-state index in [0.717, 1.165) is 0 Å². The zero-order valence-corrected chi connectivity index (χ0v) is 9.79. The summed E-state index contributed by atoms with van der Waals surface area (Å²) in [5.74, 6) is 0.646. The molecule has 0 aromatic heterocycles. The van der Waals surface area contributed by atoms with Gasteiger partial charge in [0, 0.05) is 5.54 Å². The normalized spacial score (nSPS) is 19.9. The van der Waals surface area contributed by atoms with E-state index in [9.17, 15) is 0 Å². The predicted octanol–water partition coefficient (Wildman–Crippen LogP) is 3.37. The van der Waals surface area contributed by atoms with E-state index >= 15 is 0 Å². The van der Waals surface area contributed by atoms with E-state index in [0.29, 0.717) is 5.92 Å². The van der Waals surface area contributed by atoms with Gasteiger partial charge in [-0.25, -0.2) is 0 Å². The number of nitrogens with two attached hydrogens (primary N) is 1. The van der Waals surface area contributed by atoms with E-state index in [1.54, 1.807) is 0 Å². The summed E-state index contributed by atoms with van der Waals surface area (Å²) in [4.78, 5) is 0. The summed E-state index contributed by atoms with van der Waals surface area (Å²) in [5, 5.41) is 0. The van der Waals surface area contributed by atoms with E-state index in [-0.39, 0.29) is 5.54 Å². The van der Waals surface area contributed by atoms with Gasteiger partial charge < -0.3 is 5.73 Å². The van der Waals surface area contributed by atoms with Crippen LogP contribution in [0, 0.1) is 6.92 Å². The molecule has 82 valence electrons. The van der Waals surface area contributed by atoms with Gasteiger partial charge in [0.2, 0.25) is 0 Å². The third kappa shape index (κ3) is 2.60. The van der Waals surface area contributed by atoms with Crippen LogP contribution < -0.4 is 5.73 Å². The molecule has 0 spiro atoms. The highest BCUT2D eigenvalue weighted by Crippen LogP contribution is 2.39. The fourth-order valence-corrected chi connectivity index (χ4v) is 2.21. The summed E-state index contributed by atoms with van der Waals surface area (Å²) in [5.41, 5.74) is 9.21. The summed E-state index contributed by atoms with van der Waals surface area (Å²) < 4.78 is 0. The average molecular weight is 203 g/mol. The molecule has 1 aliphatic rings. The molecule has 1 heteroatoms. The van der Waals surface area contributed by atoms with Gasteiger partial charge in [-0.2, -0.15) is 0 Å². The molecule has 1 aromatic carbocycles. The van der Waals surface area contributed by atoms with E-state index in [1.165, 1.54) is 36.8 Å². The molecule has 1 saturated carbocycles. The molecule has 2 rings (SSSR count). The van der Waals surface area contributed by atoms with Crippen molar-refractivity contribution < 1.29 is 0 Å². The Kier molecular flexibility index (Phi) is 2.83. The lowest BCUT2D eigenvalue weighted by Gasteiger charge is -2.16. The van der Waals surface area contributed by atoms with Crippen LogP contribution in [0.2, 0.25) is 0 Å². The molecule has 1 nitrogen and oxygen atoms in total. The molecule has 0 saturated heterocycles. The van der Waals surface area contributed by atoms with Gasteiger partial charge in [0.25, 0.3) is 0 Å². The van der Waals surface area contributed by atoms with Crippen molar-refractivity contribution in [2.45, 2.75) is 51.0 Å². The molecule has 1 unspecified atom stereocenters. The first kappa shape index (κ1) is 10.7. The first-order chi connectivity index (χ1) is 7.11. The van der Waals surface area contributed by atoms with Crippen LogP contribution in [-0.4, -0.2) is 5.54 Å². The minimum atomic E-state index is 0.205. The topological polar surface area (TPSA) is 26.0 Å². The smallest absolute Gasteiger partial charge is 0.0155 e. The van der Waals surface area contributed by atoms with Gasteiger partial charge in [-0.1, -0.05) is 31.2 Å². The van der Waals surface area contributed by atoms with Crippen LogP contribution >= 0.6 is 0 Å². The van der Waals surface area contributed by atoms with Crippen molar-refractivity contribution in [1.29, 1.82) is 0 Å². The summed E-state index contributed by atoms with van der Waals surface area (Å²) in [6.07, 6.45) is 4.87. The molecule has 0 bridgehead atoms. The number of rotatable bonds is 4. The van der Waals surface area contributed by atoms with Crippen molar-refractivity contribution in [3.8, 4) is 0 Å². The van der Waals surface area contributed by atoms with Gasteiger partial charge in [-0.05, 0) is 49.7 Å². The first-order valence-electron chi connectivity index (χ1n) is 5.95. The quantitative estimate of drug-likeness (QED) is 0.797. The van der Waals surface area contributed by atoms with Crippen LogP contribution in [0.3, 0.4) is 0 Å². The van der Waals surface area contributed by atoms with Crippen LogP contribution in [0.15, 0.2) is 24.3 Å². The van der Waals surface area contributed by atoms with Gasteiger partial charge >= 0.3 is 0 Å². The molecular formula is C14H21N. The summed E-state index contributed by atoms with van der Waals surface area (Å²) in [6, 6.07) is 8.68. The molecule has 0 amide bonds. The van der Waals surface area contributed by atoms with Crippen LogP contribution in [0.1, 0.15) is 49.7 Å².